The van der Waals surface area contributed by atoms with Gasteiger partial charge in [-0.15, -0.1) is 0 Å². The highest BCUT2D eigenvalue weighted by Gasteiger charge is 2.24. The highest BCUT2D eigenvalue weighted by Crippen LogP contribution is 2.25. The first kappa shape index (κ1) is 15.0. The fraction of sp³-hybridized carbons (Fsp3) is 0.500. The van der Waals surface area contributed by atoms with Crippen molar-refractivity contribution in [2.45, 2.75) is 36.7 Å². The van der Waals surface area contributed by atoms with Crippen LogP contribution < -0.4 is 4.72 Å². The highest BCUT2D eigenvalue weighted by atomic mass is 32.2. The van der Waals surface area contributed by atoms with Gasteiger partial charge in [-0.25, -0.2) is 13.1 Å². The van der Waals surface area contributed by atoms with Gasteiger partial charge in [0.15, 0.2) is 0 Å². The van der Waals surface area contributed by atoms with Gasteiger partial charge in [0, 0.05) is 6.54 Å². The second kappa shape index (κ2) is 6.35. The Hall–Kier alpha value is -1.42. The Balaban J connectivity index is 1.97. The lowest BCUT2D eigenvalue weighted by Gasteiger charge is -2.11. The molecule has 2 N–H and O–H groups in total. The van der Waals surface area contributed by atoms with E-state index in [0.717, 1.165) is 18.4 Å². The summed E-state index contributed by atoms with van der Waals surface area (Å²) in [4.78, 5) is 0.206. The summed E-state index contributed by atoms with van der Waals surface area (Å²) in [5, 5.41) is 18.0. The third-order valence-corrected chi connectivity index (χ3v) is 5.03. The molecule has 1 aliphatic rings. The van der Waals surface area contributed by atoms with E-state index >= 15 is 0 Å². The molecule has 5 nitrogen and oxygen atoms in total. The van der Waals surface area contributed by atoms with E-state index in [-0.39, 0.29) is 23.3 Å². The van der Waals surface area contributed by atoms with E-state index in [1.54, 1.807) is 12.1 Å². The minimum absolute atomic E-state index is 0.206. The Morgan fingerprint density at radius 1 is 1.30 bits per heavy atom. The molecule has 2 rings (SSSR count). The van der Waals surface area contributed by atoms with Crippen molar-refractivity contribution in [3.8, 4) is 6.07 Å². The minimum atomic E-state index is -3.51. The third-order valence-electron chi connectivity index (χ3n) is 3.59. The summed E-state index contributed by atoms with van der Waals surface area (Å²) in [6.07, 6.45) is 2.23. The molecular formula is C14H18N2O3S. The molecule has 2 atom stereocenters. The van der Waals surface area contributed by atoms with E-state index in [9.17, 15) is 13.5 Å². The standard InChI is InChI=1S/C14H18N2O3S/c15-8-7-11-2-5-14(6-3-11)20(18,19)16-10-12-1-4-13(17)9-12/h2-3,5-6,12-13,16-17H,1,4,7,9-10H2. The quantitative estimate of drug-likeness (QED) is 0.853. The summed E-state index contributed by atoms with van der Waals surface area (Å²) in [7, 11) is -3.51. The Kier molecular flexibility index (Phi) is 4.76. The summed E-state index contributed by atoms with van der Waals surface area (Å²) in [6.45, 7) is 0.360. The first-order valence-corrected chi connectivity index (χ1v) is 8.13. The zero-order chi connectivity index (χ0) is 14.6. The Morgan fingerprint density at radius 2 is 2.00 bits per heavy atom. The number of sulfonamides is 1. The van der Waals surface area contributed by atoms with Crippen molar-refractivity contribution in [1.82, 2.24) is 4.72 Å². The average Bonchev–Trinajstić information content (AvgIpc) is 2.84. The molecule has 0 spiro atoms. The van der Waals surface area contributed by atoms with E-state index in [4.69, 9.17) is 5.26 Å². The van der Waals surface area contributed by atoms with Crippen molar-refractivity contribution in [2.75, 3.05) is 6.54 Å². The van der Waals surface area contributed by atoms with E-state index in [0.29, 0.717) is 13.0 Å². The molecule has 1 aromatic carbocycles. The first-order valence-electron chi connectivity index (χ1n) is 6.65. The van der Waals surface area contributed by atoms with E-state index < -0.39 is 10.0 Å². The number of hydrogen-bond donors (Lipinski definition) is 2. The maximum Gasteiger partial charge on any atom is 0.240 e. The fourth-order valence-corrected chi connectivity index (χ4v) is 3.54. The molecule has 0 radical (unpaired) electrons. The minimum Gasteiger partial charge on any atom is -0.393 e. The van der Waals surface area contributed by atoms with Gasteiger partial charge >= 0.3 is 0 Å². The molecule has 1 aromatic rings. The summed E-state index contributed by atoms with van der Waals surface area (Å²) < 4.78 is 26.8. The SMILES string of the molecule is N#CCc1ccc(S(=O)(=O)NCC2CCC(O)C2)cc1. The van der Waals surface area contributed by atoms with Crippen LogP contribution in [0.5, 0.6) is 0 Å². The fourth-order valence-electron chi connectivity index (χ4n) is 2.42. The predicted molar refractivity (Wildman–Crippen MR) is 74.3 cm³/mol. The number of nitrogens with one attached hydrogen (secondary N) is 1. The normalized spacial score (nSPS) is 22.6. The summed E-state index contributed by atoms with van der Waals surface area (Å²) in [6, 6.07) is 8.34. The Labute approximate surface area is 119 Å². The van der Waals surface area contributed by atoms with E-state index in [1.165, 1.54) is 12.1 Å². The van der Waals surface area contributed by atoms with Crippen LogP contribution in [-0.4, -0.2) is 26.2 Å². The van der Waals surface area contributed by atoms with Crippen LogP contribution in [0.2, 0.25) is 0 Å². The second-order valence-electron chi connectivity index (χ2n) is 5.16. The van der Waals surface area contributed by atoms with Crippen LogP contribution in [0, 0.1) is 17.2 Å². The molecule has 0 bridgehead atoms. The summed E-state index contributed by atoms with van der Waals surface area (Å²) >= 11 is 0. The molecule has 2 unspecified atom stereocenters. The van der Waals surface area contributed by atoms with Crippen LogP contribution in [-0.2, 0) is 16.4 Å². The molecule has 0 saturated heterocycles. The number of nitriles is 1. The van der Waals surface area contributed by atoms with Gasteiger partial charge < -0.3 is 5.11 Å². The highest BCUT2D eigenvalue weighted by molar-refractivity contribution is 7.89. The zero-order valence-corrected chi connectivity index (χ0v) is 11.9. The van der Waals surface area contributed by atoms with Gasteiger partial charge in [0.1, 0.15) is 0 Å². The molecular weight excluding hydrogens is 276 g/mol. The molecule has 0 heterocycles. The number of hydrogen-bond acceptors (Lipinski definition) is 4. The topological polar surface area (TPSA) is 90.2 Å². The number of benzene rings is 1. The first-order chi connectivity index (χ1) is 9.51. The van der Waals surface area contributed by atoms with Crippen LogP contribution in [0.25, 0.3) is 0 Å². The Bertz CT molecular complexity index is 590. The van der Waals surface area contributed by atoms with Crippen molar-refractivity contribution in [2.24, 2.45) is 5.92 Å². The lowest BCUT2D eigenvalue weighted by atomic mass is 10.1. The van der Waals surface area contributed by atoms with Crippen LogP contribution in [0.15, 0.2) is 29.2 Å². The number of rotatable bonds is 5. The van der Waals surface area contributed by atoms with Crippen molar-refractivity contribution in [1.29, 1.82) is 5.26 Å². The van der Waals surface area contributed by atoms with Gasteiger partial charge in [-0.05, 0) is 42.9 Å². The number of aliphatic hydroxyl groups is 1. The molecule has 20 heavy (non-hydrogen) atoms. The molecule has 1 saturated carbocycles. The molecule has 0 aromatic heterocycles. The van der Waals surface area contributed by atoms with Crippen LogP contribution in [0.3, 0.4) is 0 Å². The molecule has 108 valence electrons. The van der Waals surface area contributed by atoms with E-state index in [2.05, 4.69) is 4.72 Å². The largest absolute Gasteiger partial charge is 0.393 e. The van der Waals surface area contributed by atoms with Crippen molar-refractivity contribution in [3.63, 3.8) is 0 Å². The summed E-state index contributed by atoms with van der Waals surface area (Å²) in [5.41, 5.74) is 0.797. The van der Waals surface area contributed by atoms with Crippen molar-refractivity contribution >= 4 is 10.0 Å². The van der Waals surface area contributed by atoms with Gasteiger partial charge in [0.25, 0.3) is 0 Å². The molecule has 6 heteroatoms. The van der Waals surface area contributed by atoms with Gasteiger partial charge in [0.2, 0.25) is 10.0 Å². The Morgan fingerprint density at radius 3 is 2.55 bits per heavy atom. The van der Waals surface area contributed by atoms with Crippen LogP contribution >= 0.6 is 0 Å². The monoisotopic (exact) mass is 294 g/mol. The van der Waals surface area contributed by atoms with Crippen molar-refractivity contribution in [3.05, 3.63) is 29.8 Å². The van der Waals surface area contributed by atoms with E-state index in [1.807, 2.05) is 6.07 Å². The van der Waals surface area contributed by atoms with Gasteiger partial charge in [0.05, 0.1) is 23.5 Å². The number of nitrogens with zero attached hydrogens (tertiary/aromatic N) is 1. The maximum atomic E-state index is 12.1. The number of aliphatic hydroxyl groups excluding tert-OH is 1. The van der Waals surface area contributed by atoms with Crippen molar-refractivity contribution < 1.29 is 13.5 Å². The van der Waals surface area contributed by atoms with Gasteiger partial charge in [-0.1, -0.05) is 12.1 Å². The zero-order valence-electron chi connectivity index (χ0n) is 11.1. The van der Waals surface area contributed by atoms with Crippen LogP contribution in [0.4, 0.5) is 0 Å². The molecule has 0 aliphatic heterocycles. The molecule has 1 fully saturated rings. The van der Waals surface area contributed by atoms with Gasteiger partial charge in [-0.3, -0.25) is 0 Å². The van der Waals surface area contributed by atoms with Gasteiger partial charge in [-0.2, -0.15) is 5.26 Å². The average molecular weight is 294 g/mol. The second-order valence-corrected chi connectivity index (χ2v) is 6.93. The molecule has 0 amide bonds. The lowest BCUT2D eigenvalue weighted by Crippen LogP contribution is -2.28. The maximum absolute atomic E-state index is 12.1. The summed E-state index contributed by atoms with van der Waals surface area (Å²) in [5.74, 6) is 0.206. The lowest BCUT2D eigenvalue weighted by molar-refractivity contribution is 0.178. The van der Waals surface area contributed by atoms with Crippen LogP contribution in [0.1, 0.15) is 24.8 Å². The third kappa shape index (κ3) is 3.79. The molecule has 1 aliphatic carbocycles. The smallest absolute Gasteiger partial charge is 0.240 e. The predicted octanol–water partition coefficient (Wildman–Crippen LogP) is 1.19.